The number of guanidine groups is 1. The molecule has 162 valence electrons. The van der Waals surface area contributed by atoms with Gasteiger partial charge in [0, 0.05) is 49.9 Å². The summed E-state index contributed by atoms with van der Waals surface area (Å²) in [5.41, 5.74) is 1.06. The van der Waals surface area contributed by atoms with Crippen molar-refractivity contribution in [2.45, 2.75) is 34.1 Å². The van der Waals surface area contributed by atoms with Gasteiger partial charge in [0.15, 0.2) is 5.96 Å². The maximum absolute atomic E-state index is 12.4. The SMILES string of the molecule is CCNC(=NCCc1ccc(-c2csc(C)n2)s1)N(C)CC(=O)N(CC)CC.I. The molecule has 0 fully saturated rings. The molecule has 0 radical (unpaired) electrons. The topological polar surface area (TPSA) is 60.8 Å². The van der Waals surface area contributed by atoms with E-state index in [0.29, 0.717) is 13.1 Å². The second kappa shape index (κ2) is 13.2. The molecule has 0 aromatic carbocycles. The van der Waals surface area contributed by atoms with Crippen LogP contribution in [-0.4, -0.2) is 66.4 Å². The van der Waals surface area contributed by atoms with Crippen molar-refractivity contribution >= 4 is 58.5 Å². The first kappa shape index (κ1) is 25.8. The van der Waals surface area contributed by atoms with Gasteiger partial charge in [-0.05, 0) is 39.8 Å². The molecule has 0 aliphatic heterocycles. The van der Waals surface area contributed by atoms with E-state index in [0.717, 1.165) is 42.7 Å². The Labute approximate surface area is 199 Å². The molecule has 0 spiro atoms. The van der Waals surface area contributed by atoms with Gasteiger partial charge in [-0.3, -0.25) is 9.79 Å². The number of aromatic nitrogens is 1. The lowest BCUT2D eigenvalue weighted by molar-refractivity contribution is -0.131. The quantitative estimate of drug-likeness (QED) is 0.291. The molecule has 2 aromatic rings. The Morgan fingerprint density at radius 2 is 1.97 bits per heavy atom. The number of hydrogen-bond acceptors (Lipinski definition) is 5. The predicted molar refractivity (Wildman–Crippen MR) is 136 cm³/mol. The zero-order valence-corrected chi connectivity index (χ0v) is 21.9. The molecule has 0 unspecified atom stereocenters. The van der Waals surface area contributed by atoms with E-state index in [-0.39, 0.29) is 29.9 Å². The number of thiazole rings is 1. The molecular weight excluding hydrogens is 517 g/mol. The van der Waals surface area contributed by atoms with Gasteiger partial charge in [0.05, 0.1) is 22.1 Å². The smallest absolute Gasteiger partial charge is 0.242 e. The van der Waals surface area contributed by atoms with Crippen molar-refractivity contribution in [3.8, 4) is 10.6 Å². The average Bonchev–Trinajstić information content (AvgIpc) is 3.31. The van der Waals surface area contributed by atoms with Gasteiger partial charge >= 0.3 is 0 Å². The van der Waals surface area contributed by atoms with Crippen LogP contribution in [0.1, 0.15) is 30.7 Å². The van der Waals surface area contributed by atoms with Crippen LogP contribution in [0.2, 0.25) is 0 Å². The summed E-state index contributed by atoms with van der Waals surface area (Å²) < 4.78 is 0. The molecule has 29 heavy (non-hydrogen) atoms. The Morgan fingerprint density at radius 1 is 1.24 bits per heavy atom. The normalized spacial score (nSPS) is 11.1. The van der Waals surface area contributed by atoms with E-state index in [1.807, 2.05) is 44.5 Å². The van der Waals surface area contributed by atoms with E-state index in [4.69, 9.17) is 4.99 Å². The standard InChI is InChI=1S/C20H31N5OS2.HI/c1-6-21-20(24(5)13-19(26)25(7-2)8-3)22-12-11-16-9-10-18(28-16)17-14-27-15(4)23-17;/h9-10,14H,6-8,11-13H2,1-5H3,(H,21,22);1H. The number of carbonyl (C=O) groups is 1. The number of nitrogens with zero attached hydrogens (tertiary/aromatic N) is 4. The van der Waals surface area contributed by atoms with Gasteiger partial charge in [-0.1, -0.05) is 0 Å². The summed E-state index contributed by atoms with van der Waals surface area (Å²) in [6.07, 6.45) is 0.876. The Hall–Kier alpha value is -1.20. The van der Waals surface area contributed by atoms with Crippen molar-refractivity contribution in [3.05, 3.63) is 27.4 Å². The first-order valence-corrected chi connectivity index (χ1v) is 11.5. The van der Waals surface area contributed by atoms with Crippen LogP contribution in [0.3, 0.4) is 0 Å². The Kier molecular flexibility index (Phi) is 11.7. The number of rotatable bonds is 9. The first-order valence-electron chi connectivity index (χ1n) is 9.76. The summed E-state index contributed by atoms with van der Waals surface area (Å²) >= 11 is 3.45. The number of halogens is 1. The Bertz CT molecular complexity index is 785. The van der Waals surface area contributed by atoms with Gasteiger partial charge in [-0.25, -0.2) is 4.98 Å². The number of aryl methyl sites for hydroxylation is 1. The molecule has 9 heteroatoms. The number of hydrogen-bond donors (Lipinski definition) is 1. The number of thiophene rings is 1. The van der Waals surface area contributed by atoms with E-state index >= 15 is 0 Å². The van der Waals surface area contributed by atoms with Crippen molar-refractivity contribution in [1.82, 2.24) is 20.1 Å². The molecule has 0 saturated heterocycles. The zero-order chi connectivity index (χ0) is 20.5. The maximum Gasteiger partial charge on any atom is 0.242 e. The van der Waals surface area contributed by atoms with Crippen molar-refractivity contribution in [2.24, 2.45) is 4.99 Å². The highest BCUT2D eigenvalue weighted by Gasteiger charge is 2.15. The minimum absolute atomic E-state index is 0. The molecule has 2 heterocycles. The summed E-state index contributed by atoms with van der Waals surface area (Å²) in [5, 5.41) is 6.48. The number of aliphatic imine (C=N–C) groups is 1. The van der Waals surface area contributed by atoms with Gasteiger partial charge in [0.1, 0.15) is 0 Å². The molecule has 0 bridgehead atoms. The molecule has 6 nitrogen and oxygen atoms in total. The van der Waals surface area contributed by atoms with Crippen molar-refractivity contribution < 1.29 is 4.79 Å². The van der Waals surface area contributed by atoms with Gasteiger partial charge in [0.25, 0.3) is 0 Å². The monoisotopic (exact) mass is 549 g/mol. The second-order valence-corrected chi connectivity index (χ2v) is 8.66. The number of amides is 1. The molecular formula is C20H32IN5OS2. The summed E-state index contributed by atoms with van der Waals surface area (Å²) in [4.78, 5) is 27.9. The van der Waals surface area contributed by atoms with Crippen molar-refractivity contribution in [1.29, 1.82) is 0 Å². The third kappa shape index (κ3) is 7.86. The molecule has 0 saturated carbocycles. The van der Waals surface area contributed by atoms with Crippen molar-refractivity contribution in [3.63, 3.8) is 0 Å². The third-order valence-corrected chi connectivity index (χ3v) is 6.28. The minimum Gasteiger partial charge on any atom is -0.357 e. The predicted octanol–water partition coefficient (Wildman–Crippen LogP) is 4.11. The summed E-state index contributed by atoms with van der Waals surface area (Å²) in [6, 6.07) is 4.29. The van der Waals surface area contributed by atoms with Crippen molar-refractivity contribution in [2.75, 3.05) is 39.8 Å². The van der Waals surface area contributed by atoms with Crippen LogP contribution < -0.4 is 5.32 Å². The van der Waals surface area contributed by atoms with Crippen LogP contribution in [0.25, 0.3) is 10.6 Å². The van der Waals surface area contributed by atoms with E-state index in [9.17, 15) is 4.79 Å². The van der Waals surface area contributed by atoms with Crippen LogP contribution in [0.15, 0.2) is 22.5 Å². The first-order chi connectivity index (χ1) is 13.5. The maximum atomic E-state index is 12.4. The number of carbonyl (C=O) groups excluding carboxylic acids is 1. The number of nitrogens with one attached hydrogen (secondary N) is 1. The van der Waals surface area contributed by atoms with E-state index in [2.05, 4.69) is 27.8 Å². The lowest BCUT2D eigenvalue weighted by Gasteiger charge is -2.25. The highest BCUT2D eigenvalue weighted by molar-refractivity contribution is 14.0. The lowest BCUT2D eigenvalue weighted by Crippen LogP contribution is -2.45. The second-order valence-electron chi connectivity index (χ2n) is 6.43. The lowest BCUT2D eigenvalue weighted by atomic mass is 10.3. The highest BCUT2D eigenvalue weighted by atomic mass is 127. The van der Waals surface area contributed by atoms with Gasteiger partial charge in [-0.2, -0.15) is 0 Å². The van der Waals surface area contributed by atoms with Crippen LogP contribution >= 0.6 is 46.7 Å². The fourth-order valence-electron chi connectivity index (χ4n) is 2.82. The van der Waals surface area contributed by atoms with Gasteiger partial charge in [-0.15, -0.1) is 46.7 Å². The molecule has 2 aromatic heterocycles. The van der Waals surface area contributed by atoms with Crippen LogP contribution in [-0.2, 0) is 11.2 Å². The van der Waals surface area contributed by atoms with Crippen LogP contribution in [0.5, 0.6) is 0 Å². The number of likely N-dealkylation sites (N-methyl/N-ethyl adjacent to an activating group) is 2. The van der Waals surface area contributed by atoms with Gasteiger partial charge in [0.2, 0.25) is 5.91 Å². The Balaban J connectivity index is 0.00000420. The molecule has 0 aliphatic carbocycles. The molecule has 0 atom stereocenters. The van der Waals surface area contributed by atoms with Gasteiger partial charge < -0.3 is 15.1 Å². The minimum atomic E-state index is 0. The summed E-state index contributed by atoms with van der Waals surface area (Å²) in [6.45, 7) is 11.3. The van der Waals surface area contributed by atoms with E-state index in [1.165, 1.54) is 9.75 Å². The Morgan fingerprint density at radius 3 is 2.55 bits per heavy atom. The van der Waals surface area contributed by atoms with Crippen LogP contribution in [0, 0.1) is 6.92 Å². The van der Waals surface area contributed by atoms with E-state index in [1.54, 1.807) is 22.7 Å². The molecule has 2 rings (SSSR count). The fourth-order valence-corrected chi connectivity index (χ4v) is 4.47. The van der Waals surface area contributed by atoms with E-state index < -0.39 is 0 Å². The van der Waals surface area contributed by atoms with Crippen LogP contribution in [0.4, 0.5) is 0 Å². The zero-order valence-electron chi connectivity index (χ0n) is 17.9. The fraction of sp³-hybridized carbons (Fsp3) is 0.550. The highest BCUT2D eigenvalue weighted by Crippen LogP contribution is 2.29. The summed E-state index contributed by atoms with van der Waals surface area (Å²) in [5.74, 6) is 0.898. The summed E-state index contributed by atoms with van der Waals surface area (Å²) in [7, 11) is 1.91. The largest absolute Gasteiger partial charge is 0.357 e. The third-order valence-electron chi connectivity index (χ3n) is 4.34. The molecule has 1 amide bonds. The molecule has 1 N–H and O–H groups in total. The average molecular weight is 550 g/mol. The molecule has 0 aliphatic rings.